The van der Waals surface area contributed by atoms with Crippen LogP contribution in [0, 0.1) is 0 Å². The minimum atomic E-state index is -0.457. The first kappa shape index (κ1) is 22.5. The number of fused-ring (bicyclic) bond motifs is 2. The van der Waals surface area contributed by atoms with Gasteiger partial charge in [0.1, 0.15) is 11.5 Å². The molecule has 0 saturated carbocycles. The maximum Gasteiger partial charge on any atom is 0.240 e. The summed E-state index contributed by atoms with van der Waals surface area (Å²) in [6, 6.07) is 21.7. The lowest BCUT2D eigenvalue weighted by atomic mass is 10.0. The van der Waals surface area contributed by atoms with Crippen LogP contribution < -0.4 is 10.9 Å². The fourth-order valence-electron chi connectivity index (χ4n) is 3.52. The summed E-state index contributed by atoms with van der Waals surface area (Å²) in [7, 11) is 0. The van der Waals surface area contributed by atoms with E-state index in [0.717, 1.165) is 21.5 Å². The molecule has 4 aromatic carbocycles. The van der Waals surface area contributed by atoms with Crippen LogP contribution in [-0.4, -0.2) is 34.5 Å². The van der Waals surface area contributed by atoms with Gasteiger partial charge in [-0.15, -0.1) is 0 Å². The molecule has 0 fully saturated rings. The van der Waals surface area contributed by atoms with Crippen LogP contribution in [0.25, 0.3) is 21.5 Å². The smallest absolute Gasteiger partial charge is 0.240 e. The van der Waals surface area contributed by atoms with Crippen LogP contribution in [0.1, 0.15) is 24.0 Å². The summed E-state index contributed by atoms with van der Waals surface area (Å²) in [5.74, 6) is -0.819. The Kier molecular flexibility index (Phi) is 6.78. The standard InChI is InChI=1S/C26H22N4O4/c31-23-11-9-17-5-1-3-7-19(17)21(23)15-27-29-25(33)13-14-26(34)30-28-16-22-20-8-4-2-6-18(20)10-12-24(22)32/h1-12,15-16,31-32H,13-14H2,(H,29,33)(H,30,34)/b27-15-,28-16+. The van der Waals surface area contributed by atoms with E-state index in [9.17, 15) is 19.8 Å². The van der Waals surface area contributed by atoms with Gasteiger partial charge in [-0.2, -0.15) is 10.2 Å². The molecule has 2 amide bonds. The molecule has 0 aromatic heterocycles. The van der Waals surface area contributed by atoms with Crippen LogP contribution in [0.15, 0.2) is 83.0 Å². The van der Waals surface area contributed by atoms with E-state index in [1.165, 1.54) is 12.4 Å². The van der Waals surface area contributed by atoms with Crippen molar-refractivity contribution in [2.45, 2.75) is 12.8 Å². The Morgan fingerprint density at radius 2 is 1.06 bits per heavy atom. The number of rotatable bonds is 7. The lowest BCUT2D eigenvalue weighted by Crippen LogP contribution is -2.22. The van der Waals surface area contributed by atoms with Gasteiger partial charge in [0.15, 0.2) is 0 Å². The Morgan fingerprint density at radius 3 is 1.50 bits per heavy atom. The van der Waals surface area contributed by atoms with Crippen LogP contribution in [0.3, 0.4) is 0 Å². The fraction of sp³-hybridized carbons (Fsp3) is 0.0769. The van der Waals surface area contributed by atoms with Crippen molar-refractivity contribution in [1.82, 2.24) is 10.9 Å². The first-order valence-electron chi connectivity index (χ1n) is 10.6. The number of carbonyl (C=O) groups excluding carboxylic acids is 2. The van der Waals surface area contributed by atoms with Gasteiger partial charge in [-0.25, -0.2) is 10.9 Å². The van der Waals surface area contributed by atoms with Crippen LogP contribution in [0.2, 0.25) is 0 Å². The monoisotopic (exact) mass is 454 g/mol. The van der Waals surface area contributed by atoms with Crippen LogP contribution >= 0.6 is 0 Å². The summed E-state index contributed by atoms with van der Waals surface area (Å²) in [4.78, 5) is 24.1. The first-order valence-corrected chi connectivity index (χ1v) is 10.6. The number of aromatic hydroxyl groups is 2. The van der Waals surface area contributed by atoms with Crippen molar-refractivity contribution in [2.24, 2.45) is 10.2 Å². The number of hydrazone groups is 2. The maximum atomic E-state index is 12.0. The van der Waals surface area contributed by atoms with Gasteiger partial charge in [0, 0.05) is 24.0 Å². The minimum Gasteiger partial charge on any atom is -0.507 e. The highest BCUT2D eigenvalue weighted by atomic mass is 16.3. The van der Waals surface area contributed by atoms with E-state index >= 15 is 0 Å². The van der Waals surface area contributed by atoms with Gasteiger partial charge >= 0.3 is 0 Å². The lowest BCUT2D eigenvalue weighted by Gasteiger charge is -2.05. The molecule has 0 radical (unpaired) electrons. The molecule has 170 valence electrons. The molecule has 4 aromatic rings. The number of hydrogen-bond donors (Lipinski definition) is 4. The third-order valence-corrected chi connectivity index (χ3v) is 5.24. The number of amides is 2. The zero-order valence-electron chi connectivity index (χ0n) is 18.1. The largest absolute Gasteiger partial charge is 0.507 e. The van der Waals surface area contributed by atoms with Crippen molar-refractivity contribution in [3.8, 4) is 11.5 Å². The highest BCUT2D eigenvalue weighted by Gasteiger charge is 2.08. The lowest BCUT2D eigenvalue weighted by molar-refractivity contribution is -0.126. The zero-order chi connectivity index (χ0) is 23.9. The van der Waals surface area contributed by atoms with Crippen molar-refractivity contribution in [1.29, 1.82) is 0 Å². The molecule has 4 N–H and O–H groups in total. The summed E-state index contributed by atoms with van der Waals surface area (Å²) >= 11 is 0. The molecule has 8 heteroatoms. The second-order valence-electron chi connectivity index (χ2n) is 7.53. The Labute approximate surface area is 195 Å². The van der Waals surface area contributed by atoms with Gasteiger partial charge in [-0.05, 0) is 33.7 Å². The minimum absolute atomic E-state index is 0.0474. The zero-order valence-corrected chi connectivity index (χ0v) is 18.1. The summed E-state index contributed by atoms with van der Waals surface area (Å²) < 4.78 is 0. The first-order chi connectivity index (χ1) is 16.5. The number of phenols is 2. The quantitative estimate of drug-likeness (QED) is 0.251. The number of benzene rings is 4. The topological polar surface area (TPSA) is 123 Å². The third-order valence-electron chi connectivity index (χ3n) is 5.24. The van der Waals surface area contributed by atoms with Crippen molar-refractivity contribution in [3.05, 3.63) is 83.9 Å². The molecule has 0 unspecified atom stereocenters. The predicted molar refractivity (Wildman–Crippen MR) is 132 cm³/mol. The average molecular weight is 454 g/mol. The molecule has 0 spiro atoms. The van der Waals surface area contributed by atoms with Gasteiger partial charge < -0.3 is 10.2 Å². The Balaban J connectivity index is 1.29. The third kappa shape index (κ3) is 5.18. The summed E-state index contributed by atoms with van der Waals surface area (Å²) in [5.41, 5.74) is 5.69. The molecule has 34 heavy (non-hydrogen) atoms. The van der Waals surface area contributed by atoms with E-state index in [4.69, 9.17) is 0 Å². The number of hydrogen-bond acceptors (Lipinski definition) is 6. The van der Waals surface area contributed by atoms with E-state index in [2.05, 4.69) is 21.1 Å². The van der Waals surface area contributed by atoms with Gasteiger partial charge in [-0.1, -0.05) is 60.7 Å². The van der Waals surface area contributed by atoms with E-state index < -0.39 is 11.8 Å². The fourth-order valence-corrected chi connectivity index (χ4v) is 3.52. The van der Waals surface area contributed by atoms with Crippen LogP contribution in [0.4, 0.5) is 0 Å². The molecular formula is C26H22N4O4. The maximum absolute atomic E-state index is 12.0. The Morgan fingerprint density at radius 1 is 0.647 bits per heavy atom. The van der Waals surface area contributed by atoms with E-state index in [0.29, 0.717) is 11.1 Å². The summed E-state index contributed by atoms with van der Waals surface area (Å²) in [6.45, 7) is 0. The summed E-state index contributed by atoms with van der Waals surface area (Å²) in [6.07, 6.45) is 2.55. The Bertz CT molecular complexity index is 1320. The van der Waals surface area contributed by atoms with Gasteiger partial charge in [0.05, 0.1) is 12.4 Å². The molecule has 0 aliphatic rings. The van der Waals surface area contributed by atoms with Crippen molar-refractivity contribution >= 4 is 45.8 Å². The highest BCUT2D eigenvalue weighted by Crippen LogP contribution is 2.26. The number of carbonyl (C=O) groups is 2. The molecule has 0 saturated heterocycles. The van der Waals surface area contributed by atoms with Gasteiger partial charge in [-0.3, -0.25) is 9.59 Å². The molecule has 0 atom stereocenters. The average Bonchev–Trinajstić information content (AvgIpc) is 2.85. The number of nitrogens with one attached hydrogen (secondary N) is 2. The van der Waals surface area contributed by atoms with Crippen molar-refractivity contribution < 1.29 is 19.8 Å². The Hall–Kier alpha value is -4.72. The van der Waals surface area contributed by atoms with E-state index in [1.807, 2.05) is 48.5 Å². The SMILES string of the molecule is O=C(CCC(=O)N/N=C/c1c(O)ccc2ccccc12)N/N=C\c1c(O)ccc2ccccc12. The van der Waals surface area contributed by atoms with E-state index in [-0.39, 0.29) is 24.3 Å². The second-order valence-corrected chi connectivity index (χ2v) is 7.53. The van der Waals surface area contributed by atoms with Crippen molar-refractivity contribution in [2.75, 3.05) is 0 Å². The highest BCUT2D eigenvalue weighted by molar-refractivity contribution is 6.03. The summed E-state index contributed by atoms with van der Waals surface area (Å²) in [5, 5.41) is 31.5. The molecule has 0 aliphatic carbocycles. The molecule has 0 bridgehead atoms. The van der Waals surface area contributed by atoms with Crippen molar-refractivity contribution in [3.63, 3.8) is 0 Å². The molecule has 0 heterocycles. The molecule has 8 nitrogen and oxygen atoms in total. The molecule has 4 rings (SSSR count). The normalized spacial score (nSPS) is 11.4. The van der Waals surface area contributed by atoms with E-state index in [1.54, 1.807) is 24.3 Å². The molecular weight excluding hydrogens is 432 g/mol. The number of nitrogens with zero attached hydrogens (tertiary/aromatic N) is 2. The van der Waals surface area contributed by atoms with Crippen LogP contribution in [-0.2, 0) is 9.59 Å². The van der Waals surface area contributed by atoms with Crippen LogP contribution in [0.5, 0.6) is 11.5 Å². The van der Waals surface area contributed by atoms with Gasteiger partial charge in [0.2, 0.25) is 11.8 Å². The predicted octanol–water partition coefficient (Wildman–Crippen LogP) is 3.78. The number of phenolic OH excluding ortho intramolecular Hbond substituents is 2. The second kappa shape index (κ2) is 10.3. The molecule has 0 aliphatic heterocycles. The van der Waals surface area contributed by atoms with Gasteiger partial charge in [0.25, 0.3) is 0 Å².